The fourth-order valence-corrected chi connectivity index (χ4v) is 3.14. The number of amides is 2. The van der Waals surface area contributed by atoms with Crippen molar-refractivity contribution in [3.05, 3.63) is 41.7 Å². The van der Waals surface area contributed by atoms with Crippen LogP contribution in [0.5, 0.6) is 5.88 Å². The van der Waals surface area contributed by atoms with E-state index in [-0.39, 0.29) is 36.0 Å². The number of H-pyrrole nitrogens is 1. The summed E-state index contributed by atoms with van der Waals surface area (Å²) >= 11 is 0. The number of fused-ring (bicyclic) bond motifs is 1. The molecule has 3 aromatic rings. The molecule has 0 unspecified atom stereocenters. The molecule has 10 nitrogen and oxygen atoms in total. The topological polar surface area (TPSA) is 135 Å². The second-order valence-electron chi connectivity index (χ2n) is 8.23. The zero-order valence-corrected chi connectivity index (χ0v) is 18.9. The Balaban J connectivity index is 1.82. The predicted molar refractivity (Wildman–Crippen MR) is 122 cm³/mol. The zero-order chi connectivity index (χ0) is 24.9. The Morgan fingerprint density at radius 2 is 1.94 bits per heavy atom. The quantitative estimate of drug-likeness (QED) is 0.467. The van der Waals surface area contributed by atoms with Gasteiger partial charge in [0.25, 0.3) is 11.8 Å². The van der Waals surface area contributed by atoms with Crippen LogP contribution >= 0.6 is 0 Å². The van der Waals surface area contributed by atoms with Gasteiger partial charge in [0.05, 0.1) is 20.4 Å². The minimum absolute atomic E-state index is 0.00886. The molecule has 0 saturated carbocycles. The lowest BCUT2D eigenvalue weighted by molar-refractivity contribution is -0.154. The molecule has 2 amide bonds. The van der Waals surface area contributed by atoms with Crippen molar-refractivity contribution in [3.63, 3.8) is 0 Å². The van der Waals surface area contributed by atoms with Crippen LogP contribution in [0.3, 0.4) is 0 Å². The SMILES string of the molecule is [2H]COc1ncc(-c2ccc3c(C(=O)NC)n[nH]c3c2)cc1C(=O)NCCC(=O)OC(C)(C)C. The highest BCUT2D eigenvalue weighted by atomic mass is 16.6. The van der Waals surface area contributed by atoms with E-state index in [9.17, 15) is 14.4 Å². The van der Waals surface area contributed by atoms with E-state index < -0.39 is 24.6 Å². The van der Waals surface area contributed by atoms with Crippen LogP contribution in [0, 0.1) is 0 Å². The highest BCUT2D eigenvalue weighted by Gasteiger charge is 2.19. The van der Waals surface area contributed by atoms with E-state index in [2.05, 4.69) is 25.8 Å². The minimum Gasteiger partial charge on any atom is -0.480 e. The molecule has 10 heteroatoms. The van der Waals surface area contributed by atoms with Gasteiger partial charge in [0.2, 0.25) is 5.88 Å². The molecule has 0 radical (unpaired) electrons. The molecule has 0 bridgehead atoms. The number of ether oxygens (including phenoxy) is 2. The molecule has 2 aromatic heterocycles. The van der Waals surface area contributed by atoms with Crippen LogP contribution in [0.4, 0.5) is 0 Å². The first kappa shape index (κ1) is 22.3. The number of benzene rings is 1. The van der Waals surface area contributed by atoms with Gasteiger partial charge in [-0.1, -0.05) is 6.07 Å². The van der Waals surface area contributed by atoms with Gasteiger partial charge in [0, 0.05) is 30.7 Å². The van der Waals surface area contributed by atoms with Crippen LogP contribution in [0.1, 0.15) is 49.4 Å². The number of aromatic amines is 1. The summed E-state index contributed by atoms with van der Waals surface area (Å²) in [6.07, 6.45) is 1.54. The smallest absolute Gasteiger partial charge is 0.308 e. The summed E-state index contributed by atoms with van der Waals surface area (Å²) in [4.78, 5) is 40.8. The van der Waals surface area contributed by atoms with E-state index in [0.717, 1.165) is 5.56 Å². The Bertz CT molecular complexity index is 1220. The van der Waals surface area contributed by atoms with Gasteiger partial charge in [-0.2, -0.15) is 5.10 Å². The fourth-order valence-electron chi connectivity index (χ4n) is 3.14. The number of rotatable bonds is 7. The molecule has 0 saturated heterocycles. The number of methoxy groups -OCH3 is 1. The summed E-state index contributed by atoms with van der Waals surface area (Å²) in [5.74, 6) is -1.21. The first-order valence-corrected chi connectivity index (χ1v) is 10.3. The monoisotopic (exact) mass is 454 g/mol. The second kappa shape index (κ2) is 9.68. The van der Waals surface area contributed by atoms with E-state index in [0.29, 0.717) is 16.5 Å². The number of aromatic nitrogens is 3. The summed E-state index contributed by atoms with van der Waals surface area (Å²) in [5.41, 5.74) is 1.80. The number of hydrogen-bond acceptors (Lipinski definition) is 7. The molecule has 33 heavy (non-hydrogen) atoms. The van der Waals surface area contributed by atoms with Crippen LogP contribution in [0.2, 0.25) is 0 Å². The van der Waals surface area contributed by atoms with Crippen molar-refractivity contribution >= 4 is 28.7 Å². The number of nitrogens with one attached hydrogen (secondary N) is 3. The third-order valence-electron chi connectivity index (χ3n) is 4.61. The van der Waals surface area contributed by atoms with E-state index in [4.69, 9.17) is 10.8 Å². The average Bonchev–Trinajstić information content (AvgIpc) is 3.21. The Morgan fingerprint density at radius 1 is 1.15 bits per heavy atom. The lowest BCUT2D eigenvalue weighted by Crippen LogP contribution is -2.30. The number of esters is 1. The lowest BCUT2D eigenvalue weighted by atomic mass is 10.0. The van der Waals surface area contributed by atoms with Gasteiger partial charge in [-0.3, -0.25) is 19.5 Å². The summed E-state index contributed by atoms with van der Waals surface area (Å²) in [7, 11) is 1.12. The number of nitrogens with zero attached hydrogens (tertiary/aromatic N) is 2. The molecule has 0 atom stereocenters. The largest absolute Gasteiger partial charge is 0.480 e. The predicted octanol–water partition coefficient (Wildman–Crippen LogP) is 2.45. The van der Waals surface area contributed by atoms with Crippen LogP contribution in [0.25, 0.3) is 22.0 Å². The Morgan fingerprint density at radius 3 is 2.64 bits per heavy atom. The van der Waals surface area contributed by atoms with Crippen LogP contribution in [0.15, 0.2) is 30.5 Å². The molecule has 0 aliphatic carbocycles. The minimum atomic E-state index is -0.606. The third-order valence-corrected chi connectivity index (χ3v) is 4.61. The van der Waals surface area contributed by atoms with Gasteiger partial charge in [-0.15, -0.1) is 0 Å². The van der Waals surface area contributed by atoms with E-state index >= 15 is 0 Å². The van der Waals surface area contributed by atoms with Crippen molar-refractivity contribution in [1.82, 2.24) is 25.8 Å². The maximum Gasteiger partial charge on any atom is 0.308 e. The van der Waals surface area contributed by atoms with Gasteiger partial charge in [-0.25, -0.2) is 4.98 Å². The summed E-state index contributed by atoms with van der Waals surface area (Å²) in [6, 6.07) is 6.93. The molecular weight excluding hydrogens is 426 g/mol. The first-order chi connectivity index (χ1) is 16.1. The van der Waals surface area contributed by atoms with E-state index in [1.165, 1.54) is 13.2 Å². The van der Waals surface area contributed by atoms with Crippen LogP contribution in [-0.2, 0) is 9.53 Å². The molecule has 0 spiro atoms. The summed E-state index contributed by atoms with van der Waals surface area (Å²) in [5, 5.41) is 12.8. The van der Waals surface area contributed by atoms with Gasteiger partial charge in [-0.05, 0) is 44.5 Å². The molecule has 2 heterocycles. The average molecular weight is 455 g/mol. The molecule has 3 N–H and O–H groups in total. The number of carbonyl (C=O) groups is 3. The Labute approximate surface area is 192 Å². The zero-order valence-electron chi connectivity index (χ0n) is 19.9. The molecule has 3 rings (SSSR count). The normalized spacial score (nSPS) is 11.6. The van der Waals surface area contributed by atoms with Crippen LogP contribution < -0.4 is 15.4 Å². The maximum atomic E-state index is 12.8. The number of carbonyl (C=O) groups excluding carboxylic acids is 3. The van der Waals surface area contributed by atoms with Gasteiger partial charge >= 0.3 is 5.97 Å². The Hall–Kier alpha value is -3.95. The van der Waals surface area contributed by atoms with Crippen molar-refractivity contribution in [3.8, 4) is 17.0 Å². The highest BCUT2D eigenvalue weighted by Crippen LogP contribution is 2.28. The molecule has 0 aliphatic rings. The molecule has 0 fully saturated rings. The van der Waals surface area contributed by atoms with Gasteiger partial charge in [0.1, 0.15) is 11.2 Å². The number of hydrogen-bond donors (Lipinski definition) is 3. The maximum absolute atomic E-state index is 12.8. The lowest BCUT2D eigenvalue weighted by Gasteiger charge is -2.19. The number of pyridine rings is 1. The molecule has 0 aliphatic heterocycles. The molecule has 1 aromatic carbocycles. The van der Waals surface area contributed by atoms with Crippen molar-refractivity contribution in [2.24, 2.45) is 0 Å². The summed E-state index contributed by atoms with van der Waals surface area (Å²) < 4.78 is 17.8. The van der Waals surface area contributed by atoms with Gasteiger partial charge in [0.15, 0.2) is 5.69 Å². The Kier molecular flexibility index (Phi) is 6.53. The van der Waals surface area contributed by atoms with Gasteiger partial charge < -0.3 is 20.1 Å². The van der Waals surface area contributed by atoms with Crippen LogP contribution in [-0.4, -0.2) is 59.2 Å². The van der Waals surface area contributed by atoms with E-state index in [1.807, 2.05) is 0 Å². The molecular formula is C23H27N5O5. The van der Waals surface area contributed by atoms with Crippen molar-refractivity contribution in [2.75, 3.05) is 20.7 Å². The molecule has 174 valence electrons. The fraction of sp³-hybridized carbons (Fsp3) is 0.348. The first-order valence-electron chi connectivity index (χ1n) is 11.0. The standard InChI is InChI=1S/C23H27N5O5/c1-23(2,3)33-18(29)8-9-25-20(30)16-10-14(12-26-22(16)32-5)13-6-7-15-17(11-13)27-28-19(15)21(31)24-4/h6-7,10-12H,8-9H2,1-5H3,(H,24,31)(H,25,30)(H,27,28)/i5D. The van der Waals surface area contributed by atoms with Crippen molar-refractivity contribution in [1.29, 1.82) is 0 Å². The summed E-state index contributed by atoms with van der Waals surface area (Å²) in [6.45, 7) is 5.38. The highest BCUT2D eigenvalue weighted by molar-refractivity contribution is 6.05. The van der Waals surface area contributed by atoms with Crippen molar-refractivity contribution < 1.29 is 25.2 Å². The van der Waals surface area contributed by atoms with E-state index in [1.54, 1.807) is 45.0 Å². The second-order valence-corrected chi connectivity index (χ2v) is 8.23. The third kappa shape index (κ3) is 5.65. The van der Waals surface area contributed by atoms with Crippen molar-refractivity contribution in [2.45, 2.75) is 32.8 Å².